The van der Waals surface area contributed by atoms with Gasteiger partial charge in [0.1, 0.15) is 0 Å². The topological polar surface area (TPSA) is 57.7 Å². The van der Waals surface area contributed by atoms with Crippen molar-refractivity contribution in [2.75, 3.05) is 24.5 Å². The maximum absolute atomic E-state index is 13.3. The van der Waals surface area contributed by atoms with Gasteiger partial charge in [-0.05, 0) is 54.5 Å². The van der Waals surface area contributed by atoms with Crippen molar-refractivity contribution in [2.24, 2.45) is 5.41 Å². The Labute approximate surface area is 179 Å². The van der Waals surface area contributed by atoms with E-state index in [1.165, 1.54) is 9.87 Å². The highest BCUT2D eigenvalue weighted by molar-refractivity contribution is 7.89. The zero-order valence-electron chi connectivity index (χ0n) is 18.0. The summed E-state index contributed by atoms with van der Waals surface area (Å²) in [4.78, 5) is 15.6. The Morgan fingerprint density at radius 2 is 1.40 bits per heavy atom. The van der Waals surface area contributed by atoms with Crippen molar-refractivity contribution in [1.82, 2.24) is 4.31 Å². The van der Waals surface area contributed by atoms with Gasteiger partial charge in [-0.15, -0.1) is 0 Å². The zero-order chi connectivity index (χ0) is 21.6. The molecule has 4 rings (SSSR count). The first-order chi connectivity index (χ1) is 14.1. The van der Waals surface area contributed by atoms with Crippen molar-refractivity contribution in [3.8, 4) is 0 Å². The van der Waals surface area contributed by atoms with Crippen LogP contribution in [0.25, 0.3) is 0 Å². The summed E-state index contributed by atoms with van der Waals surface area (Å²) < 4.78 is 27.3. The van der Waals surface area contributed by atoms with Crippen LogP contribution in [0.5, 0.6) is 0 Å². The van der Waals surface area contributed by atoms with Crippen LogP contribution in [0.15, 0.2) is 59.5 Å². The van der Waals surface area contributed by atoms with E-state index in [-0.39, 0.29) is 11.3 Å². The minimum atomic E-state index is -3.50. The number of sulfonamides is 1. The number of rotatable bonds is 3. The van der Waals surface area contributed by atoms with E-state index >= 15 is 0 Å². The van der Waals surface area contributed by atoms with E-state index in [0.29, 0.717) is 37.4 Å². The molecule has 5 nitrogen and oxygen atoms in total. The number of anilines is 1. The molecule has 0 bridgehead atoms. The Bertz CT molecular complexity index is 1020. The van der Waals surface area contributed by atoms with Crippen LogP contribution in [-0.4, -0.2) is 38.3 Å². The second-order valence-electron chi connectivity index (χ2n) is 9.50. The van der Waals surface area contributed by atoms with Crippen LogP contribution in [0.1, 0.15) is 45.6 Å². The predicted molar refractivity (Wildman–Crippen MR) is 119 cm³/mol. The second kappa shape index (κ2) is 7.50. The van der Waals surface area contributed by atoms with Crippen molar-refractivity contribution < 1.29 is 13.2 Å². The first kappa shape index (κ1) is 21.1. The molecule has 160 valence electrons. The quantitative estimate of drug-likeness (QED) is 0.739. The van der Waals surface area contributed by atoms with Gasteiger partial charge in [-0.2, -0.15) is 4.31 Å². The van der Waals surface area contributed by atoms with Crippen molar-refractivity contribution in [1.29, 1.82) is 0 Å². The van der Waals surface area contributed by atoms with E-state index in [1.807, 2.05) is 23.1 Å². The molecule has 2 saturated heterocycles. The van der Waals surface area contributed by atoms with Gasteiger partial charge >= 0.3 is 0 Å². The highest BCUT2D eigenvalue weighted by atomic mass is 32.2. The standard InChI is InChI=1S/C24H30N2O3S/c1-23(2,3)19-9-11-20(12-10-19)26-18-15-24(22(26)27)13-16-25(17-14-24)30(28,29)21-7-5-4-6-8-21/h4-12H,13-18H2,1-3H3. The molecule has 2 heterocycles. The fourth-order valence-corrected chi connectivity index (χ4v) is 6.03. The SMILES string of the molecule is CC(C)(C)c1ccc(N2CCC3(CCN(S(=O)(=O)c4ccccc4)CC3)C2=O)cc1. The molecule has 0 atom stereocenters. The van der Waals surface area contributed by atoms with Crippen LogP contribution < -0.4 is 4.90 Å². The zero-order valence-corrected chi connectivity index (χ0v) is 18.8. The average molecular weight is 427 g/mol. The van der Waals surface area contributed by atoms with Crippen LogP contribution in [-0.2, 0) is 20.2 Å². The Kier molecular flexibility index (Phi) is 5.27. The normalized spacial score (nSPS) is 20.1. The molecule has 2 aliphatic rings. The molecule has 0 N–H and O–H groups in total. The number of benzene rings is 2. The summed E-state index contributed by atoms with van der Waals surface area (Å²) in [6, 6.07) is 16.8. The molecule has 2 aromatic carbocycles. The second-order valence-corrected chi connectivity index (χ2v) is 11.4. The van der Waals surface area contributed by atoms with Gasteiger partial charge in [-0.3, -0.25) is 4.79 Å². The third kappa shape index (κ3) is 3.67. The third-order valence-electron chi connectivity index (χ3n) is 6.62. The number of amides is 1. The van der Waals surface area contributed by atoms with Crippen LogP contribution in [0, 0.1) is 5.41 Å². The van der Waals surface area contributed by atoms with Crippen LogP contribution >= 0.6 is 0 Å². The van der Waals surface area contributed by atoms with Gasteiger partial charge in [0.05, 0.1) is 10.3 Å². The fraction of sp³-hybridized carbons (Fsp3) is 0.458. The molecule has 6 heteroatoms. The molecule has 0 radical (unpaired) electrons. The first-order valence-electron chi connectivity index (χ1n) is 10.6. The predicted octanol–water partition coefficient (Wildman–Crippen LogP) is 4.19. The minimum Gasteiger partial charge on any atom is -0.312 e. The number of carbonyl (C=O) groups is 1. The van der Waals surface area contributed by atoms with Crippen LogP contribution in [0.4, 0.5) is 5.69 Å². The van der Waals surface area contributed by atoms with Crippen molar-refractivity contribution in [3.63, 3.8) is 0 Å². The highest BCUT2D eigenvalue weighted by Gasteiger charge is 2.49. The van der Waals surface area contributed by atoms with Crippen molar-refractivity contribution in [3.05, 3.63) is 60.2 Å². The molecule has 0 unspecified atom stereocenters. The Hall–Kier alpha value is -2.18. The van der Waals surface area contributed by atoms with Gasteiger partial charge in [0.2, 0.25) is 15.9 Å². The first-order valence-corrected chi connectivity index (χ1v) is 12.1. The Balaban J connectivity index is 1.47. The summed E-state index contributed by atoms with van der Waals surface area (Å²) in [5.74, 6) is 0.141. The van der Waals surface area contributed by atoms with Crippen molar-refractivity contribution in [2.45, 2.75) is 50.3 Å². The van der Waals surface area contributed by atoms with Gasteiger partial charge < -0.3 is 4.90 Å². The molecular formula is C24H30N2O3S. The van der Waals surface area contributed by atoms with E-state index in [0.717, 1.165) is 12.1 Å². The van der Waals surface area contributed by atoms with Gasteiger partial charge in [0, 0.05) is 25.3 Å². The van der Waals surface area contributed by atoms with E-state index in [4.69, 9.17) is 0 Å². The Morgan fingerprint density at radius 1 is 0.833 bits per heavy atom. The Morgan fingerprint density at radius 3 is 1.97 bits per heavy atom. The van der Waals surface area contributed by atoms with E-state index < -0.39 is 15.4 Å². The number of hydrogen-bond acceptors (Lipinski definition) is 3. The molecule has 2 fully saturated rings. The maximum Gasteiger partial charge on any atom is 0.243 e. The van der Waals surface area contributed by atoms with Crippen molar-refractivity contribution >= 4 is 21.6 Å². The number of piperidine rings is 1. The van der Waals surface area contributed by atoms with E-state index in [2.05, 4.69) is 32.9 Å². The van der Waals surface area contributed by atoms with Crippen LogP contribution in [0.2, 0.25) is 0 Å². The molecule has 2 aromatic rings. The number of hydrogen-bond donors (Lipinski definition) is 0. The van der Waals surface area contributed by atoms with Crippen LogP contribution in [0.3, 0.4) is 0 Å². The number of nitrogens with zero attached hydrogens (tertiary/aromatic N) is 2. The lowest BCUT2D eigenvalue weighted by atomic mass is 9.77. The maximum atomic E-state index is 13.3. The summed E-state index contributed by atoms with van der Waals surface area (Å²) in [6.45, 7) is 8.00. The monoisotopic (exact) mass is 426 g/mol. The fourth-order valence-electron chi connectivity index (χ4n) is 4.57. The largest absolute Gasteiger partial charge is 0.312 e. The van der Waals surface area contributed by atoms with E-state index in [1.54, 1.807) is 24.3 Å². The molecular weight excluding hydrogens is 396 g/mol. The molecule has 1 amide bonds. The van der Waals surface area contributed by atoms with E-state index in [9.17, 15) is 13.2 Å². The molecule has 0 saturated carbocycles. The van der Waals surface area contributed by atoms with Gasteiger partial charge in [0.25, 0.3) is 0 Å². The molecule has 2 aliphatic heterocycles. The average Bonchev–Trinajstić information content (AvgIpc) is 3.04. The summed E-state index contributed by atoms with van der Waals surface area (Å²) >= 11 is 0. The van der Waals surface area contributed by atoms with Gasteiger partial charge in [-0.25, -0.2) is 8.42 Å². The summed E-state index contributed by atoms with van der Waals surface area (Å²) in [5, 5.41) is 0. The number of carbonyl (C=O) groups excluding carboxylic acids is 1. The lowest BCUT2D eigenvalue weighted by Crippen LogP contribution is -2.46. The summed E-state index contributed by atoms with van der Waals surface area (Å²) in [6.07, 6.45) is 1.94. The molecule has 30 heavy (non-hydrogen) atoms. The lowest BCUT2D eigenvalue weighted by Gasteiger charge is -2.37. The van der Waals surface area contributed by atoms with Gasteiger partial charge in [-0.1, -0.05) is 51.1 Å². The van der Waals surface area contributed by atoms with Gasteiger partial charge in [0.15, 0.2) is 0 Å². The third-order valence-corrected chi connectivity index (χ3v) is 8.53. The highest BCUT2D eigenvalue weighted by Crippen LogP contribution is 2.44. The molecule has 0 aromatic heterocycles. The summed E-state index contributed by atoms with van der Waals surface area (Å²) in [7, 11) is -3.50. The smallest absolute Gasteiger partial charge is 0.243 e. The summed E-state index contributed by atoms with van der Waals surface area (Å²) in [5.41, 5.74) is 1.81. The lowest BCUT2D eigenvalue weighted by molar-refractivity contribution is -0.127. The minimum absolute atomic E-state index is 0.0752. The molecule has 0 aliphatic carbocycles. The molecule has 1 spiro atoms.